The fraction of sp³-hybridized carbons (Fsp3) is 0.842. The summed E-state index contributed by atoms with van der Waals surface area (Å²) in [4.78, 5) is 0. The van der Waals surface area contributed by atoms with E-state index in [4.69, 9.17) is 18.9 Å². The molecular weight excluding hydrogens is 520 g/mol. The van der Waals surface area contributed by atoms with Gasteiger partial charge in [-0.25, -0.2) is 0 Å². The zero-order valence-corrected chi connectivity index (χ0v) is 26.2. The van der Waals surface area contributed by atoms with Crippen molar-refractivity contribution in [3.05, 3.63) is 22.8 Å². The molecule has 10 aliphatic rings. The van der Waals surface area contributed by atoms with E-state index in [9.17, 15) is 0 Å². The van der Waals surface area contributed by atoms with Gasteiger partial charge in [0.25, 0.3) is 0 Å². The van der Waals surface area contributed by atoms with Crippen molar-refractivity contribution >= 4 is 0 Å². The molecule has 8 aliphatic carbocycles. The summed E-state index contributed by atoms with van der Waals surface area (Å²) in [5.41, 5.74) is 5.75. The van der Waals surface area contributed by atoms with Crippen LogP contribution in [0.4, 0.5) is 0 Å². The minimum atomic E-state index is 0.271. The highest BCUT2D eigenvalue weighted by molar-refractivity contribution is 5.60. The van der Waals surface area contributed by atoms with Crippen LogP contribution in [0.1, 0.15) is 126 Å². The summed E-state index contributed by atoms with van der Waals surface area (Å²) in [6, 6.07) is 2.40. The van der Waals surface area contributed by atoms with Crippen LogP contribution >= 0.6 is 0 Å². The molecule has 4 heteroatoms. The Balaban J connectivity index is 1.23. The average Bonchev–Trinajstić information content (AvgIpc) is 3.87. The highest BCUT2D eigenvalue weighted by atomic mass is 16.6. The second-order valence-corrected chi connectivity index (χ2v) is 16.8. The number of hydrogen-bond acceptors (Lipinski definition) is 4. The average molecular weight is 575 g/mol. The number of rotatable bonds is 13. The largest absolute Gasteiger partial charge is 0.490 e. The first kappa shape index (κ1) is 27.1. The van der Waals surface area contributed by atoms with Crippen molar-refractivity contribution in [2.24, 2.45) is 35.5 Å². The Hall–Kier alpha value is -1.26. The Labute approximate surface area is 254 Å². The third-order valence-corrected chi connectivity index (χ3v) is 13.4. The lowest BCUT2D eigenvalue weighted by atomic mass is 9.43. The molecule has 2 saturated heterocycles. The van der Waals surface area contributed by atoms with Crippen LogP contribution in [-0.4, -0.2) is 38.6 Å². The van der Waals surface area contributed by atoms with Crippen LogP contribution in [0.5, 0.6) is 11.5 Å². The molecule has 0 N–H and O–H groups in total. The molecule has 0 spiro atoms. The summed E-state index contributed by atoms with van der Waals surface area (Å²) < 4.78 is 25.1. The Kier molecular flexibility index (Phi) is 6.70. The molecule has 8 bridgehead atoms. The molecule has 230 valence electrons. The fourth-order valence-corrected chi connectivity index (χ4v) is 12.5. The molecule has 2 unspecified atom stereocenters. The van der Waals surface area contributed by atoms with E-state index in [1.807, 2.05) is 0 Å². The Morgan fingerprint density at radius 1 is 0.619 bits per heavy atom. The number of benzene rings is 1. The van der Waals surface area contributed by atoms with Crippen molar-refractivity contribution < 1.29 is 18.9 Å². The summed E-state index contributed by atoms with van der Waals surface area (Å²) in [7, 11) is 0. The van der Waals surface area contributed by atoms with Crippen molar-refractivity contribution in [1.29, 1.82) is 0 Å². The third-order valence-electron chi connectivity index (χ3n) is 13.4. The number of epoxide rings is 2. The van der Waals surface area contributed by atoms with E-state index in [1.54, 1.807) is 16.7 Å². The first-order valence-corrected chi connectivity index (χ1v) is 18.3. The highest BCUT2D eigenvalue weighted by Gasteiger charge is 2.58. The summed E-state index contributed by atoms with van der Waals surface area (Å²) >= 11 is 0. The van der Waals surface area contributed by atoms with Crippen molar-refractivity contribution in [1.82, 2.24) is 0 Å². The monoisotopic (exact) mass is 574 g/mol. The van der Waals surface area contributed by atoms with E-state index in [-0.39, 0.29) is 12.2 Å². The molecule has 1 aromatic rings. The lowest BCUT2D eigenvalue weighted by Gasteiger charge is -2.61. The Morgan fingerprint density at radius 2 is 1.07 bits per heavy atom. The van der Waals surface area contributed by atoms with Gasteiger partial charge < -0.3 is 18.9 Å². The van der Waals surface area contributed by atoms with Gasteiger partial charge in [-0.05, 0) is 142 Å². The van der Waals surface area contributed by atoms with Gasteiger partial charge in [-0.15, -0.1) is 0 Å². The van der Waals surface area contributed by atoms with Crippen LogP contribution in [0.2, 0.25) is 0 Å². The number of ether oxygens (including phenoxy) is 4. The Bertz CT molecular complexity index is 1110. The molecule has 0 radical (unpaired) electrons. The predicted molar refractivity (Wildman–Crippen MR) is 164 cm³/mol. The first-order valence-electron chi connectivity index (χ1n) is 18.3. The molecule has 0 aromatic heterocycles. The van der Waals surface area contributed by atoms with Crippen molar-refractivity contribution in [2.45, 2.75) is 139 Å². The van der Waals surface area contributed by atoms with Crippen molar-refractivity contribution in [3.8, 4) is 11.5 Å². The topological polar surface area (TPSA) is 43.5 Å². The standard InChI is InChI=1S/C38H54O4/c1-2-3-4-5-6-32-33(41-22-30-20-39-30)13-34(42-23-31-21-40-31)36(38-17-27-10-28(18-38)12-29(11-27)19-38)35(32)37-14-24-7-25(15-37)9-26(8-24)16-37/h13,24-31H,2-12,14-23H2,1H3. The van der Waals surface area contributed by atoms with Gasteiger partial charge in [-0.3, -0.25) is 0 Å². The van der Waals surface area contributed by atoms with Crippen LogP contribution in [0, 0.1) is 35.5 Å². The van der Waals surface area contributed by atoms with Crippen molar-refractivity contribution in [2.75, 3.05) is 26.4 Å². The van der Waals surface area contributed by atoms with E-state index in [0.717, 1.165) is 54.5 Å². The van der Waals surface area contributed by atoms with Gasteiger partial charge in [0.2, 0.25) is 0 Å². The van der Waals surface area contributed by atoms with Crippen LogP contribution in [0.3, 0.4) is 0 Å². The molecule has 4 nitrogen and oxygen atoms in total. The Morgan fingerprint density at radius 3 is 1.52 bits per heavy atom. The quantitative estimate of drug-likeness (QED) is 0.176. The molecule has 2 aliphatic heterocycles. The second kappa shape index (κ2) is 10.4. The lowest BCUT2D eigenvalue weighted by molar-refractivity contribution is -0.0189. The summed E-state index contributed by atoms with van der Waals surface area (Å²) in [5.74, 6) is 7.92. The lowest BCUT2D eigenvalue weighted by Crippen LogP contribution is -2.53. The van der Waals surface area contributed by atoms with E-state index in [0.29, 0.717) is 24.0 Å². The normalized spacial score (nSPS) is 43.6. The van der Waals surface area contributed by atoms with Gasteiger partial charge in [0.1, 0.15) is 36.9 Å². The molecular formula is C38H54O4. The molecule has 8 saturated carbocycles. The number of unbranched alkanes of at least 4 members (excludes halogenated alkanes) is 3. The van der Waals surface area contributed by atoms with Gasteiger partial charge in [-0.1, -0.05) is 26.2 Å². The summed E-state index contributed by atoms with van der Waals surface area (Å²) in [6.45, 7) is 5.42. The van der Waals surface area contributed by atoms with E-state index >= 15 is 0 Å². The van der Waals surface area contributed by atoms with Crippen LogP contribution < -0.4 is 9.47 Å². The molecule has 42 heavy (non-hydrogen) atoms. The van der Waals surface area contributed by atoms with Crippen LogP contribution in [-0.2, 0) is 26.7 Å². The van der Waals surface area contributed by atoms with E-state index in [2.05, 4.69) is 13.0 Å². The minimum absolute atomic E-state index is 0.271. The van der Waals surface area contributed by atoms with Crippen LogP contribution in [0.25, 0.3) is 0 Å². The van der Waals surface area contributed by atoms with E-state index in [1.165, 1.54) is 115 Å². The van der Waals surface area contributed by atoms with Gasteiger partial charge in [0.15, 0.2) is 0 Å². The van der Waals surface area contributed by atoms with Gasteiger partial charge in [0.05, 0.1) is 13.2 Å². The van der Waals surface area contributed by atoms with Gasteiger partial charge in [-0.2, -0.15) is 0 Å². The van der Waals surface area contributed by atoms with Gasteiger partial charge >= 0.3 is 0 Å². The summed E-state index contributed by atoms with van der Waals surface area (Å²) in [5, 5.41) is 0. The molecule has 11 rings (SSSR count). The third kappa shape index (κ3) is 4.84. The number of hydrogen-bond donors (Lipinski definition) is 0. The maximum atomic E-state index is 6.98. The highest BCUT2D eigenvalue weighted by Crippen LogP contribution is 2.68. The zero-order valence-electron chi connectivity index (χ0n) is 26.2. The SMILES string of the molecule is CCCCCCc1c(OCC2CO2)cc(OCC2CO2)c(C23CC4CC(CC(C4)C2)C3)c1C12CC3CC(CC(C3)C1)C2. The molecule has 1 aromatic carbocycles. The smallest absolute Gasteiger partial charge is 0.127 e. The van der Waals surface area contributed by atoms with Crippen molar-refractivity contribution in [3.63, 3.8) is 0 Å². The summed E-state index contributed by atoms with van der Waals surface area (Å²) in [6.07, 6.45) is 24.4. The maximum absolute atomic E-state index is 6.98. The maximum Gasteiger partial charge on any atom is 0.127 e. The first-order chi connectivity index (χ1) is 20.6. The van der Waals surface area contributed by atoms with Crippen LogP contribution in [0.15, 0.2) is 6.07 Å². The second-order valence-electron chi connectivity index (χ2n) is 16.8. The molecule has 2 heterocycles. The molecule has 10 fully saturated rings. The predicted octanol–water partition coefficient (Wildman–Crippen LogP) is 8.30. The zero-order chi connectivity index (χ0) is 27.9. The minimum Gasteiger partial charge on any atom is -0.490 e. The van der Waals surface area contributed by atoms with E-state index < -0.39 is 0 Å². The van der Waals surface area contributed by atoms with Gasteiger partial charge in [0, 0.05) is 17.0 Å². The fourth-order valence-electron chi connectivity index (χ4n) is 12.5. The molecule has 2 atom stereocenters. The molecule has 0 amide bonds.